The van der Waals surface area contributed by atoms with Crippen LogP contribution in [0, 0.1) is 24.0 Å². The van der Waals surface area contributed by atoms with Crippen LogP contribution < -0.4 is 5.32 Å². The van der Waals surface area contributed by atoms with E-state index in [4.69, 9.17) is 0 Å². The highest BCUT2D eigenvalue weighted by Gasteiger charge is 2.34. The number of aryl methyl sites for hydroxylation is 2. The number of nitro groups is 1. The Morgan fingerprint density at radius 1 is 1.07 bits per heavy atom. The molecule has 144 valence electrons. The summed E-state index contributed by atoms with van der Waals surface area (Å²) >= 11 is 0. The van der Waals surface area contributed by atoms with Gasteiger partial charge in [0.15, 0.2) is 0 Å². The summed E-state index contributed by atoms with van der Waals surface area (Å²) in [5.41, 5.74) is 2.63. The van der Waals surface area contributed by atoms with Crippen molar-refractivity contribution < 1.29 is 19.3 Å². The lowest BCUT2D eigenvalue weighted by atomic mass is 10.1. The standard InChI is InChI=1S/C20H19N3O5/c1-12-5-8-15-16(10-12)20(26)22(19(15)25)9-3-4-18(24)21-17-11-14(23(27)28)7-6-13(17)2/h5-8,10-11H,3-4,9H2,1-2H3,(H,21,24). The molecule has 1 aliphatic rings. The van der Waals surface area contributed by atoms with Gasteiger partial charge in [0.25, 0.3) is 17.5 Å². The average Bonchev–Trinajstić information content (AvgIpc) is 2.87. The Balaban J connectivity index is 1.58. The van der Waals surface area contributed by atoms with Crippen molar-refractivity contribution in [3.8, 4) is 0 Å². The van der Waals surface area contributed by atoms with E-state index >= 15 is 0 Å². The highest BCUT2D eigenvalue weighted by Crippen LogP contribution is 2.25. The first-order valence-electron chi connectivity index (χ1n) is 8.79. The van der Waals surface area contributed by atoms with Gasteiger partial charge in [0, 0.05) is 25.1 Å². The summed E-state index contributed by atoms with van der Waals surface area (Å²) < 4.78 is 0. The first-order valence-corrected chi connectivity index (χ1v) is 8.79. The molecular formula is C20H19N3O5. The van der Waals surface area contributed by atoms with Crippen molar-refractivity contribution in [2.75, 3.05) is 11.9 Å². The molecule has 1 aliphatic heterocycles. The second-order valence-corrected chi connectivity index (χ2v) is 6.72. The van der Waals surface area contributed by atoms with E-state index in [1.165, 1.54) is 12.1 Å². The van der Waals surface area contributed by atoms with E-state index in [2.05, 4.69) is 5.32 Å². The minimum Gasteiger partial charge on any atom is -0.326 e. The van der Waals surface area contributed by atoms with Gasteiger partial charge >= 0.3 is 0 Å². The number of amides is 3. The van der Waals surface area contributed by atoms with Crippen molar-refractivity contribution in [3.63, 3.8) is 0 Å². The molecule has 1 heterocycles. The van der Waals surface area contributed by atoms with Crippen molar-refractivity contribution in [2.24, 2.45) is 0 Å². The number of nitro benzene ring substituents is 1. The highest BCUT2D eigenvalue weighted by atomic mass is 16.6. The Morgan fingerprint density at radius 3 is 2.50 bits per heavy atom. The summed E-state index contributed by atoms with van der Waals surface area (Å²) in [5.74, 6) is -1.04. The summed E-state index contributed by atoms with van der Waals surface area (Å²) in [4.78, 5) is 48.4. The van der Waals surface area contributed by atoms with Gasteiger partial charge < -0.3 is 5.32 Å². The molecule has 8 nitrogen and oxygen atoms in total. The van der Waals surface area contributed by atoms with Gasteiger partial charge in [-0.05, 0) is 38.0 Å². The lowest BCUT2D eigenvalue weighted by Crippen LogP contribution is -2.31. The van der Waals surface area contributed by atoms with E-state index < -0.39 is 4.92 Å². The van der Waals surface area contributed by atoms with Gasteiger partial charge in [0.1, 0.15) is 0 Å². The predicted molar refractivity (Wildman–Crippen MR) is 102 cm³/mol. The molecule has 28 heavy (non-hydrogen) atoms. The zero-order valence-electron chi connectivity index (χ0n) is 15.5. The molecular weight excluding hydrogens is 362 g/mol. The normalized spacial score (nSPS) is 12.9. The molecule has 0 atom stereocenters. The topological polar surface area (TPSA) is 110 Å². The quantitative estimate of drug-likeness (QED) is 0.469. The van der Waals surface area contributed by atoms with Crippen LogP contribution in [-0.4, -0.2) is 34.1 Å². The molecule has 0 spiro atoms. The van der Waals surface area contributed by atoms with Crippen LogP contribution in [0.3, 0.4) is 0 Å². The first kappa shape index (κ1) is 19.2. The Kier molecular flexibility index (Phi) is 5.21. The molecule has 3 rings (SSSR count). The third-order valence-electron chi connectivity index (χ3n) is 4.62. The van der Waals surface area contributed by atoms with Crippen LogP contribution in [0.2, 0.25) is 0 Å². The van der Waals surface area contributed by atoms with Gasteiger partial charge in [-0.25, -0.2) is 0 Å². The minimum absolute atomic E-state index is 0.0779. The van der Waals surface area contributed by atoms with E-state index in [-0.39, 0.29) is 36.4 Å². The summed E-state index contributed by atoms with van der Waals surface area (Å²) in [7, 11) is 0. The average molecular weight is 381 g/mol. The molecule has 0 aliphatic carbocycles. The molecule has 0 unspecified atom stereocenters. The number of fused-ring (bicyclic) bond motifs is 1. The molecule has 0 saturated heterocycles. The number of benzene rings is 2. The second-order valence-electron chi connectivity index (χ2n) is 6.72. The zero-order valence-corrected chi connectivity index (χ0v) is 15.5. The van der Waals surface area contributed by atoms with Crippen LogP contribution in [0.1, 0.15) is 44.7 Å². The van der Waals surface area contributed by atoms with Crippen LogP contribution in [0.4, 0.5) is 11.4 Å². The molecule has 0 bridgehead atoms. The number of anilines is 1. The molecule has 3 amide bonds. The third-order valence-corrected chi connectivity index (χ3v) is 4.62. The van der Waals surface area contributed by atoms with E-state index in [1.807, 2.05) is 6.92 Å². The van der Waals surface area contributed by atoms with Crippen LogP contribution in [0.5, 0.6) is 0 Å². The van der Waals surface area contributed by atoms with Crippen molar-refractivity contribution in [2.45, 2.75) is 26.7 Å². The minimum atomic E-state index is -0.529. The van der Waals surface area contributed by atoms with E-state index in [0.717, 1.165) is 10.5 Å². The first-order chi connectivity index (χ1) is 13.3. The molecule has 0 saturated carbocycles. The fourth-order valence-corrected chi connectivity index (χ4v) is 3.08. The molecule has 0 fully saturated rings. The summed E-state index contributed by atoms with van der Waals surface area (Å²) in [6.45, 7) is 3.72. The fraction of sp³-hybridized carbons (Fsp3) is 0.250. The second kappa shape index (κ2) is 7.59. The number of nitrogens with one attached hydrogen (secondary N) is 1. The largest absolute Gasteiger partial charge is 0.326 e. The molecule has 2 aromatic carbocycles. The fourth-order valence-electron chi connectivity index (χ4n) is 3.08. The van der Waals surface area contributed by atoms with E-state index in [9.17, 15) is 24.5 Å². The van der Waals surface area contributed by atoms with Crippen molar-refractivity contribution >= 4 is 29.1 Å². The zero-order chi connectivity index (χ0) is 20.4. The van der Waals surface area contributed by atoms with Crippen molar-refractivity contribution in [1.29, 1.82) is 0 Å². The maximum atomic E-state index is 12.4. The summed E-state index contributed by atoms with van der Waals surface area (Å²) in [6, 6.07) is 9.35. The van der Waals surface area contributed by atoms with E-state index in [0.29, 0.717) is 28.8 Å². The maximum Gasteiger partial charge on any atom is 0.271 e. The van der Waals surface area contributed by atoms with Gasteiger partial charge in [-0.3, -0.25) is 29.4 Å². The Morgan fingerprint density at radius 2 is 1.79 bits per heavy atom. The number of imide groups is 1. The predicted octanol–water partition coefficient (Wildman–Crippen LogP) is 3.23. The van der Waals surface area contributed by atoms with Crippen molar-refractivity contribution in [1.82, 2.24) is 4.90 Å². The highest BCUT2D eigenvalue weighted by molar-refractivity contribution is 6.21. The van der Waals surface area contributed by atoms with E-state index in [1.54, 1.807) is 31.2 Å². The smallest absolute Gasteiger partial charge is 0.271 e. The van der Waals surface area contributed by atoms with Gasteiger partial charge in [0.2, 0.25) is 5.91 Å². The Hall–Kier alpha value is -3.55. The molecule has 0 aromatic heterocycles. The Bertz CT molecular complexity index is 999. The lowest BCUT2D eigenvalue weighted by Gasteiger charge is -2.13. The number of hydrogen-bond donors (Lipinski definition) is 1. The van der Waals surface area contributed by atoms with Crippen LogP contribution >= 0.6 is 0 Å². The number of nitrogens with zero attached hydrogens (tertiary/aromatic N) is 2. The molecule has 2 aromatic rings. The summed E-state index contributed by atoms with van der Waals surface area (Å²) in [5, 5.41) is 13.5. The number of carbonyl (C=O) groups is 3. The van der Waals surface area contributed by atoms with Gasteiger partial charge in [-0.1, -0.05) is 17.7 Å². The van der Waals surface area contributed by atoms with Crippen molar-refractivity contribution in [3.05, 3.63) is 68.8 Å². The monoisotopic (exact) mass is 381 g/mol. The Labute approximate surface area is 161 Å². The maximum absolute atomic E-state index is 12.4. The van der Waals surface area contributed by atoms with Crippen LogP contribution in [0.25, 0.3) is 0 Å². The van der Waals surface area contributed by atoms with Gasteiger partial charge in [-0.2, -0.15) is 0 Å². The van der Waals surface area contributed by atoms with Gasteiger partial charge in [0.05, 0.1) is 21.7 Å². The summed E-state index contributed by atoms with van der Waals surface area (Å²) in [6.07, 6.45) is 0.374. The third kappa shape index (κ3) is 3.75. The number of carbonyl (C=O) groups excluding carboxylic acids is 3. The molecule has 8 heteroatoms. The number of rotatable bonds is 6. The molecule has 1 N–H and O–H groups in total. The van der Waals surface area contributed by atoms with Crippen LogP contribution in [0.15, 0.2) is 36.4 Å². The molecule has 0 radical (unpaired) electrons. The lowest BCUT2D eigenvalue weighted by molar-refractivity contribution is -0.384. The van der Waals surface area contributed by atoms with Gasteiger partial charge in [-0.15, -0.1) is 0 Å². The number of non-ortho nitro benzene ring substituents is 1. The van der Waals surface area contributed by atoms with Crippen LogP contribution in [-0.2, 0) is 4.79 Å². The SMILES string of the molecule is Cc1ccc2c(c1)C(=O)N(CCCC(=O)Nc1cc([N+](=O)[O-])ccc1C)C2=O. The number of hydrogen-bond acceptors (Lipinski definition) is 5.